The van der Waals surface area contributed by atoms with Gasteiger partial charge in [-0.2, -0.15) is 0 Å². The molecule has 0 aliphatic rings. The number of benzene rings is 1. The molecule has 0 atom stereocenters. The number of H-pyrrole nitrogens is 1. The Morgan fingerprint density at radius 3 is 2.45 bits per heavy atom. The van der Waals surface area contributed by atoms with E-state index in [0.29, 0.717) is 16.7 Å². The van der Waals surface area contributed by atoms with Crippen molar-refractivity contribution in [3.05, 3.63) is 60.0 Å². The van der Waals surface area contributed by atoms with Crippen molar-refractivity contribution in [3.8, 4) is 0 Å². The number of aromatic amines is 1. The molecule has 102 valence electrons. The molecule has 1 aromatic heterocycles. The van der Waals surface area contributed by atoms with Gasteiger partial charge < -0.3 is 15.2 Å². The molecular formula is C14H11NO4S. The van der Waals surface area contributed by atoms with E-state index < -0.39 is 17.5 Å². The van der Waals surface area contributed by atoms with Gasteiger partial charge in [-0.25, -0.2) is 4.79 Å². The third kappa shape index (κ3) is 3.30. The Hall–Kier alpha value is -2.47. The minimum atomic E-state index is -1.54. The molecule has 2 aromatic rings. The SMILES string of the molecule is O=C(O)C(O)=CC(=O)c1cc[nH]c1Sc1ccccc1. The van der Waals surface area contributed by atoms with E-state index in [-0.39, 0.29) is 0 Å². The summed E-state index contributed by atoms with van der Waals surface area (Å²) in [5, 5.41) is 18.2. The van der Waals surface area contributed by atoms with Crippen molar-refractivity contribution < 1.29 is 19.8 Å². The predicted octanol–water partition coefficient (Wildman–Crippen LogP) is 2.88. The molecule has 20 heavy (non-hydrogen) atoms. The molecule has 6 heteroatoms. The van der Waals surface area contributed by atoms with Crippen LogP contribution in [-0.4, -0.2) is 26.9 Å². The lowest BCUT2D eigenvalue weighted by Crippen LogP contribution is -2.04. The van der Waals surface area contributed by atoms with Crippen LogP contribution in [0.1, 0.15) is 10.4 Å². The normalized spacial score (nSPS) is 11.3. The minimum absolute atomic E-state index is 0.312. The third-order valence-corrected chi connectivity index (χ3v) is 3.47. The van der Waals surface area contributed by atoms with Crippen LogP contribution < -0.4 is 0 Å². The molecule has 0 saturated heterocycles. The number of carbonyl (C=O) groups is 2. The summed E-state index contributed by atoms with van der Waals surface area (Å²) >= 11 is 1.35. The van der Waals surface area contributed by atoms with Crippen LogP contribution in [0.5, 0.6) is 0 Å². The smallest absolute Gasteiger partial charge is 0.371 e. The Balaban J connectivity index is 2.23. The van der Waals surface area contributed by atoms with Crippen molar-refractivity contribution in [2.75, 3.05) is 0 Å². The average molecular weight is 289 g/mol. The topological polar surface area (TPSA) is 90.4 Å². The van der Waals surface area contributed by atoms with Crippen molar-refractivity contribution in [3.63, 3.8) is 0 Å². The zero-order valence-electron chi connectivity index (χ0n) is 10.2. The fourth-order valence-electron chi connectivity index (χ4n) is 1.50. The number of ketones is 1. The highest BCUT2D eigenvalue weighted by Gasteiger charge is 2.14. The van der Waals surface area contributed by atoms with Crippen LogP contribution in [0.4, 0.5) is 0 Å². The van der Waals surface area contributed by atoms with Gasteiger partial charge in [0.25, 0.3) is 0 Å². The number of allylic oxidation sites excluding steroid dienone is 1. The Morgan fingerprint density at radius 2 is 1.80 bits per heavy atom. The van der Waals surface area contributed by atoms with Crippen molar-refractivity contribution in [1.82, 2.24) is 4.98 Å². The zero-order chi connectivity index (χ0) is 14.5. The number of hydrogen-bond acceptors (Lipinski definition) is 4. The number of aliphatic hydroxyl groups is 1. The van der Waals surface area contributed by atoms with Crippen LogP contribution >= 0.6 is 11.8 Å². The second-order valence-corrected chi connectivity index (χ2v) is 4.92. The van der Waals surface area contributed by atoms with Crippen LogP contribution in [0.2, 0.25) is 0 Å². The van der Waals surface area contributed by atoms with Crippen molar-refractivity contribution in [2.24, 2.45) is 0 Å². The highest BCUT2D eigenvalue weighted by Crippen LogP contribution is 2.29. The number of aliphatic hydroxyl groups excluding tert-OH is 1. The summed E-state index contributed by atoms with van der Waals surface area (Å²) in [7, 11) is 0. The number of aliphatic carboxylic acids is 1. The maximum atomic E-state index is 11.9. The third-order valence-electron chi connectivity index (χ3n) is 2.42. The van der Waals surface area contributed by atoms with E-state index in [9.17, 15) is 9.59 Å². The Morgan fingerprint density at radius 1 is 1.10 bits per heavy atom. The quantitative estimate of drug-likeness (QED) is 0.447. The molecule has 0 aliphatic heterocycles. The first-order chi connectivity index (χ1) is 9.58. The molecule has 0 saturated carbocycles. The molecule has 0 amide bonds. The van der Waals surface area contributed by atoms with E-state index in [4.69, 9.17) is 10.2 Å². The maximum absolute atomic E-state index is 11.9. The first-order valence-corrected chi connectivity index (χ1v) is 6.48. The number of carboxylic acid groups (broad SMARTS) is 1. The number of rotatable bonds is 5. The van der Waals surface area contributed by atoms with Crippen molar-refractivity contribution in [2.45, 2.75) is 9.92 Å². The predicted molar refractivity (Wildman–Crippen MR) is 74.0 cm³/mol. The molecule has 0 aliphatic carbocycles. The number of aromatic nitrogens is 1. The average Bonchev–Trinajstić information content (AvgIpc) is 2.88. The molecule has 5 nitrogen and oxygen atoms in total. The molecule has 0 spiro atoms. The second-order valence-electron chi connectivity index (χ2n) is 3.83. The number of nitrogens with one attached hydrogen (secondary N) is 1. The molecule has 0 fully saturated rings. The van der Waals surface area contributed by atoms with E-state index in [1.54, 1.807) is 12.3 Å². The molecular weight excluding hydrogens is 278 g/mol. The van der Waals surface area contributed by atoms with Crippen molar-refractivity contribution >= 4 is 23.5 Å². The van der Waals surface area contributed by atoms with Gasteiger partial charge in [-0.05, 0) is 18.2 Å². The summed E-state index contributed by atoms with van der Waals surface area (Å²) in [6.07, 6.45) is 2.28. The summed E-state index contributed by atoms with van der Waals surface area (Å²) in [6, 6.07) is 11.0. The van der Waals surface area contributed by atoms with Crippen molar-refractivity contribution in [1.29, 1.82) is 0 Å². The fourth-order valence-corrected chi connectivity index (χ4v) is 2.44. The Kier molecular flexibility index (Phi) is 4.27. The fraction of sp³-hybridized carbons (Fsp3) is 0. The van der Waals surface area contributed by atoms with Gasteiger partial charge in [0.2, 0.25) is 5.76 Å². The molecule has 1 heterocycles. The number of carboxylic acids is 1. The lowest BCUT2D eigenvalue weighted by molar-refractivity contribution is -0.135. The van der Waals surface area contributed by atoms with Gasteiger partial charge in [-0.3, -0.25) is 4.79 Å². The highest BCUT2D eigenvalue weighted by atomic mass is 32.2. The van der Waals surface area contributed by atoms with E-state index >= 15 is 0 Å². The van der Waals surface area contributed by atoms with Crippen LogP contribution in [-0.2, 0) is 4.79 Å². The Labute approximate surface area is 119 Å². The van der Waals surface area contributed by atoms with E-state index in [0.717, 1.165) is 4.90 Å². The standard InChI is InChI=1S/C14H11NO4S/c16-11(8-12(17)14(18)19)10-6-7-15-13(10)20-9-4-2-1-3-5-9/h1-8,15,17H,(H,18,19). The monoisotopic (exact) mass is 289 g/mol. The molecule has 3 N–H and O–H groups in total. The van der Waals surface area contributed by atoms with Crippen LogP contribution in [0.25, 0.3) is 0 Å². The van der Waals surface area contributed by atoms with Gasteiger partial charge in [0.1, 0.15) is 0 Å². The van der Waals surface area contributed by atoms with Gasteiger partial charge in [0, 0.05) is 17.2 Å². The van der Waals surface area contributed by atoms with Crippen LogP contribution in [0, 0.1) is 0 Å². The first-order valence-electron chi connectivity index (χ1n) is 5.66. The largest absolute Gasteiger partial charge is 0.502 e. The van der Waals surface area contributed by atoms with Gasteiger partial charge >= 0.3 is 5.97 Å². The highest BCUT2D eigenvalue weighted by molar-refractivity contribution is 7.99. The van der Waals surface area contributed by atoms with Crippen LogP contribution in [0.15, 0.2) is 64.4 Å². The summed E-state index contributed by atoms with van der Waals surface area (Å²) in [6.45, 7) is 0. The van der Waals surface area contributed by atoms with E-state index in [1.165, 1.54) is 11.8 Å². The molecule has 2 rings (SSSR count). The summed E-state index contributed by atoms with van der Waals surface area (Å²) in [4.78, 5) is 26.3. The lowest BCUT2D eigenvalue weighted by atomic mass is 10.2. The van der Waals surface area contributed by atoms with Gasteiger partial charge in [-0.1, -0.05) is 30.0 Å². The van der Waals surface area contributed by atoms with Gasteiger partial charge in [0.15, 0.2) is 5.78 Å². The summed E-state index contributed by atoms with van der Waals surface area (Å²) in [5.74, 6) is -3.08. The molecule has 0 unspecified atom stereocenters. The van der Waals surface area contributed by atoms with Crippen LogP contribution in [0.3, 0.4) is 0 Å². The number of hydrogen-bond donors (Lipinski definition) is 3. The van der Waals surface area contributed by atoms with E-state index in [1.807, 2.05) is 30.3 Å². The summed E-state index contributed by atoms with van der Waals surface area (Å²) in [5.41, 5.74) is 0.312. The molecule has 1 aromatic carbocycles. The van der Waals surface area contributed by atoms with E-state index in [2.05, 4.69) is 4.98 Å². The minimum Gasteiger partial charge on any atom is -0.502 e. The lowest BCUT2D eigenvalue weighted by Gasteiger charge is -2.01. The zero-order valence-corrected chi connectivity index (χ0v) is 11.1. The molecule has 0 bridgehead atoms. The Bertz CT molecular complexity index is 661. The first kappa shape index (κ1) is 14.0. The van der Waals surface area contributed by atoms with Gasteiger partial charge in [0.05, 0.1) is 10.6 Å². The maximum Gasteiger partial charge on any atom is 0.371 e. The second kappa shape index (κ2) is 6.12. The number of carbonyl (C=O) groups excluding carboxylic acids is 1. The molecule has 0 radical (unpaired) electrons. The summed E-state index contributed by atoms with van der Waals surface area (Å²) < 4.78 is 0. The van der Waals surface area contributed by atoms with Gasteiger partial charge in [-0.15, -0.1) is 0 Å².